The van der Waals surface area contributed by atoms with E-state index >= 15 is 0 Å². The summed E-state index contributed by atoms with van der Waals surface area (Å²) in [5.74, 6) is -0.306. The van der Waals surface area contributed by atoms with Gasteiger partial charge in [-0.05, 0) is 23.7 Å². The molecule has 0 radical (unpaired) electrons. The number of nitrogens with zero attached hydrogens (tertiary/aromatic N) is 1. The van der Waals surface area contributed by atoms with Gasteiger partial charge in [-0.3, -0.25) is 4.79 Å². The summed E-state index contributed by atoms with van der Waals surface area (Å²) in [6.45, 7) is 2.66. The number of nitrogens with one attached hydrogen (secondary N) is 1. The van der Waals surface area contributed by atoms with Crippen molar-refractivity contribution in [1.29, 1.82) is 0 Å². The Hall–Kier alpha value is -1.75. The second kappa shape index (κ2) is 6.68. The second-order valence-electron chi connectivity index (χ2n) is 3.13. The van der Waals surface area contributed by atoms with Crippen molar-refractivity contribution in [1.82, 2.24) is 5.32 Å². The lowest BCUT2D eigenvalue weighted by Crippen LogP contribution is -2.24. The minimum atomic E-state index is -0.306. The fraction of sp³-hybridized carbons (Fsp3) is 0.364. The average molecular weight is 222 g/mol. The third kappa shape index (κ3) is 3.78. The first-order valence-corrected chi connectivity index (χ1v) is 5.05. The number of rotatable bonds is 6. The van der Waals surface area contributed by atoms with Crippen LogP contribution in [0.5, 0.6) is 0 Å². The highest BCUT2D eigenvalue weighted by Crippen LogP contribution is 2.17. The van der Waals surface area contributed by atoms with Gasteiger partial charge in [-0.25, -0.2) is 0 Å². The highest BCUT2D eigenvalue weighted by Gasteiger charge is 2.03. The van der Waals surface area contributed by atoms with Crippen LogP contribution in [0.15, 0.2) is 29.4 Å². The maximum atomic E-state index is 11.0. The second-order valence-corrected chi connectivity index (χ2v) is 3.13. The normalized spacial score (nSPS) is 9.81. The highest BCUT2D eigenvalue weighted by atomic mass is 16.5. The molecule has 0 fully saturated rings. The number of esters is 1. The molecule has 0 aliphatic rings. The molecule has 0 saturated carbocycles. The van der Waals surface area contributed by atoms with Crippen LogP contribution in [0.1, 0.15) is 12.5 Å². The van der Waals surface area contributed by atoms with Gasteiger partial charge in [0.05, 0.1) is 13.2 Å². The van der Waals surface area contributed by atoms with E-state index in [1.165, 1.54) is 0 Å². The summed E-state index contributed by atoms with van der Waals surface area (Å²) in [4.78, 5) is 21.5. The van der Waals surface area contributed by atoms with Crippen molar-refractivity contribution >= 4 is 11.7 Å². The maximum Gasteiger partial charge on any atom is 0.319 e. The topological polar surface area (TPSA) is 67.8 Å². The van der Waals surface area contributed by atoms with E-state index in [4.69, 9.17) is 4.74 Å². The zero-order chi connectivity index (χ0) is 11.8. The van der Waals surface area contributed by atoms with Crippen LogP contribution in [0.2, 0.25) is 0 Å². The van der Waals surface area contributed by atoms with Crippen LogP contribution in [0.3, 0.4) is 0 Å². The quantitative estimate of drug-likeness (QED) is 0.588. The van der Waals surface area contributed by atoms with Gasteiger partial charge >= 0.3 is 5.97 Å². The largest absolute Gasteiger partial charge is 0.465 e. The van der Waals surface area contributed by atoms with Crippen molar-refractivity contribution in [3.05, 3.63) is 34.7 Å². The minimum absolute atomic E-state index is 0.126. The predicted molar refractivity (Wildman–Crippen MR) is 60.2 cm³/mol. The number of nitroso groups, excluding NO2 is 1. The number of carbonyl (C=O) groups excluding carboxylic acids is 1. The molecule has 1 rings (SSSR count). The van der Waals surface area contributed by atoms with E-state index in [0.717, 1.165) is 5.56 Å². The molecule has 0 aromatic heterocycles. The summed E-state index contributed by atoms with van der Waals surface area (Å²) < 4.78 is 4.75. The Bertz CT molecular complexity index is 366. The predicted octanol–water partition coefficient (Wildman–Crippen LogP) is 1.74. The first kappa shape index (κ1) is 12.3. The summed E-state index contributed by atoms with van der Waals surface area (Å²) in [6.07, 6.45) is 0. The molecule has 0 atom stereocenters. The van der Waals surface area contributed by atoms with Crippen molar-refractivity contribution in [2.24, 2.45) is 5.18 Å². The fourth-order valence-electron chi connectivity index (χ4n) is 1.26. The van der Waals surface area contributed by atoms with Crippen molar-refractivity contribution in [2.45, 2.75) is 13.5 Å². The molecule has 0 aliphatic heterocycles. The first-order chi connectivity index (χ1) is 7.77. The number of ether oxygens (including phenoxy) is 1. The van der Waals surface area contributed by atoms with Crippen LogP contribution >= 0.6 is 0 Å². The number of benzene rings is 1. The van der Waals surface area contributed by atoms with E-state index in [9.17, 15) is 9.70 Å². The maximum absolute atomic E-state index is 11.0. The van der Waals surface area contributed by atoms with Gasteiger partial charge in [-0.15, -0.1) is 4.91 Å². The molecular formula is C11H14N2O3. The Kier molecular flexibility index (Phi) is 5.15. The van der Waals surface area contributed by atoms with Crippen molar-refractivity contribution < 1.29 is 9.53 Å². The van der Waals surface area contributed by atoms with E-state index in [0.29, 0.717) is 18.8 Å². The molecule has 0 unspecified atom stereocenters. The van der Waals surface area contributed by atoms with Gasteiger partial charge in [0.1, 0.15) is 5.69 Å². The highest BCUT2D eigenvalue weighted by molar-refractivity contribution is 5.71. The molecule has 1 aromatic rings. The van der Waals surface area contributed by atoms with Crippen LogP contribution in [0.25, 0.3) is 0 Å². The Morgan fingerprint density at radius 3 is 2.88 bits per heavy atom. The lowest BCUT2D eigenvalue weighted by atomic mass is 10.2. The first-order valence-electron chi connectivity index (χ1n) is 5.05. The van der Waals surface area contributed by atoms with Crippen LogP contribution < -0.4 is 5.32 Å². The fourth-order valence-corrected chi connectivity index (χ4v) is 1.26. The van der Waals surface area contributed by atoms with Crippen molar-refractivity contribution in [3.8, 4) is 0 Å². The summed E-state index contributed by atoms with van der Waals surface area (Å²) in [5.41, 5.74) is 1.15. The Morgan fingerprint density at radius 2 is 2.19 bits per heavy atom. The van der Waals surface area contributed by atoms with E-state index in [1.54, 1.807) is 25.1 Å². The Balaban J connectivity index is 2.42. The lowest BCUT2D eigenvalue weighted by molar-refractivity contribution is -0.142. The van der Waals surface area contributed by atoms with E-state index < -0.39 is 0 Å². The van der Waals surface area contributed by atoms with Gasteiger partial charge < -0.3 is 10.1 Å². The third-order valence-corrected chi connectivity index (χ3v) is 1.98. The molecule has 5 nitrogen and oxygen atoms in total. The number of hydrogen-bond acceptors (Lipinski definition) is 5. The molecule has 1 N–H and O–H groups in total. The Labute approximate surface area is 93.8 Å². The molecule has 0 bridgehead atoms. The van der Waals surface area contributed by atoms with E-state index in [2.05, 4.69) is 10.5 Å². The van der Waals surface area contributed by atoms with Gasteiger partial charge in [-0.1, -0.05) is 18.2 Å². The SMILES string of the molecule is CCOC(=O)CNCc1ccccc1N=O. The monoisotopic (exact) mass is 222 g/mol. The molecule has 0 saturated heterocycles. The standard InChI is InChI=1S/C11H14N2O3/c1-2-16-11(14)8-12-7-9-5-3-4-6-10(9)13-15/h3-6,12H,2,7-8H2,1H3. The summed E-state index contributed by atoms with van der Waals surface area (Å²) in [6, 6.07) is 6.98. The molecule has 1 aromatic carbocycles. The molecule has 5 heteroatoms. The molecular weight excluding hydrogens is 208 g/mol. The van der Waals surface area contributed by atoms with Crippen LogP contribution in [0, 0.1) is 4.91 Å². The molecule has 16 heavy (non-hydrogen) atoms. The molecule has 0 heterocycles. The van der Waals surface area contributed by atoms with Gasteiger partial charge in [0.25, 0.3) is 0 Å². The van der Waals surface area contributed by atoms with Crippen molar-refractivity contribution in [2.75, 3.05) is 13.2 Å². The van der Waals surface area contributed by atoms with Gasteiger partial charge in [0.2, 0.25) is 0 Å². The third-order valence-electron chi connectivity index (χ3n) is 1.98. The van der Waals surface area contributed by atoms with Gasteiger partial charge in [0.15, 0.2) is 0 Å². The zero-order valence-corrected chi connectivity index (χ0v) is 9.10. The molecule has 0 amide bonds. The van der Waals surface area contributed by atoms with Crippen molar-refractivity contribution in [3.63, 3.8) is 0 Å². The average Bonchev–Trinajstić information content (AvgIpc) is 2.30. The smallest absolute Gasteiger partial charge is 0.319 e. The van der Waals surface area contributed by atoms with Crippen LogP contribution in [-0.2, 0) is 16.1 Å². The molecule has 0 spiro atoms. The van der Waals surface area contributed by atoms with Gasteiger partial charge in [0, 0.05) is 6.54 Å². The van der Waals surface area contributed by atoms with Crippen LogP contribution in [-0.4, -0.2) is 19.1 Å². The summed E-state index contributed by atoms with van der Waals surface area (Å²) in [7, 11) is 0. The van der Waals surface area contributed by atoms with Crippen LogP contribution in [0.4, 0.5) is 5.69 Å². The van der Waals surface area contributed by atoms with E-state index in [1.807, 2.05) is 6.07 Å². The summed E-state index contributed by atoms with van der Waals surface area (Å²) >= 11 is 0. The zero-order valence-electron chi connectivity index (χ0n) is 9.10. The Morgan fingerprint density at radius 1 is 1.44 bits per heavy atom. The van der Waals surface area contributed by atoms with E-state index in [-0.39, 0.29) is 12.5 Å². The lowest BCUT2D eigenvalue weighted by Gasteiger charge is -2.05. The number of carbonyl (C=O) groups is 1. The molecule has 86 valence electrons. The molecule has 0 aliphatic carbocycles. The summed E-state index contributed by atoms with van der Waals surface area (Å²) in [5, 5.41) is 5.79. The minimum Gasteiger partial charge on any atom is -0.465 e. The van der Waals surface area contributed by atoms with Gasteiger partial charge in [-0.2, -0.15) is 0 Å². The number of hydrogen-bond donors (Lipinski definition) is 1.